The average Bonchev–Trinajstić information content (AvgIpc) is 2.41. The Morgan fingerprint density at radius 2 is 1.69 bits per heavy atom. The van der Waals surface area contributed by atoms with Crippen LogP contribution in [0.3, 0.4) is 0 Å². The summed E-state index contributed by atoms with van der Waals surface area (Å²) >= 11 is 0. The monoisotopic (exact) mass is 226 g/mol. The summed E-state index contributed by atoms with van der Waals surface area (Å²) in [5.41, 5.74) is 0.250. The van der Waals surface area contributed by atoms with Gasteiger partial charge in [-0.1, -0.05) is 20.8 Å². The number of hydrogen-bond donors (Lipinski definition) is 1. The predicted molar refractivity (Wildman–Crippen MR) is 71.7 cm³/mol. The maximum Gasteiger partial charge on any atom is 0.00966 e. The number of hydrogen-bond acceptors (Lipinski definition) is 2. The van der Waals surface area contributed by atoms with Crippen molar-refractivity contribution in [1.82, 2.24) is 10.2 Å². The summed E-state index contributed by atoms with van der Waals surface area (Å²) in [5, 5.41) is 3.59. The summed E-state index contributed by atoms with van der Waals surface area (Å²) in [6, 6.07) is 0. The van der Waals surface area contributed by atoms with Crippen molar-refractivity contribution >= 4 is 0 Å². The van der Waals surface area contributed by atoms with Crippen LogP contribution in [-0.2, 0) is 0 Å². The van der Waals surface area contributed by atoms with E-state index in [-0.39, 0.29) is 5.54 Å². The van der Waals surface area contributed by atoms with Crippen LogP contribution in [0.2, 0.25) is 0 Å². The normalized spacial score (nSPS) is 29.6. The van der Waals surface area contributed by atoms with E-state index in [0.717, 1.165) is 24.3 Å². The Bertz CT molecular complexity index is 197. The van der Waals surface area contributed by atoms with Crippen LogP contribution in [0.25, 0.3) is 0 Å². The summed E-state index contributed by atoms with van der Waals surface area (Å²) in [6.07, 6.45) is 0. The van der Waals surface area contributed by atoms with Crippen molar-refractivity contribution in [2.75, 3.05) is 26.2 Å². The number of rotatable bonds is 4. The van der Waals surface area contributed by atoms with E-state index in [0.29, 0.717) is 0 Å². The predicted octanol–water partition coefficient (Wildman–Crippen LogP) is 2.60. The van der Waals surface area contributed by atoms with Gasteiger partial charge in [0.1, 0.15) is 0 Å². The molecule has 0 amide bonds. The molecule has 1 heterocycles. The molecule has 2 heteroatoms. The molecule has 0 bridgehead atoms. The standard InChI is InChI=1S/C14H30N2/c1-11(7-15-14(4,5)6)8-16-9-12(2)13(3)10-16/h11-13,15H,7-10H2,1-6H3. The van der Waals surface area contributed by atoms with Crippen LogP contribution >= 0.6 is 0 Å². The summed E-state index contributed by atoms with van der Waals surface area (Å²) in [5.74, 6) is 2.50. The average molecular weight is 226 g/mol. The first-order valence-electron chi connectivity index (χ1n) is 6.75. The van der Waals surface area contributed by atoms with E-state index in [1.165, 1.54) is 19.6 Å². The number of nitrogens with zero attached hydrogens (tertiary/aromatic N) is 1. The largest absolute Gasteiger partial charge is 0.312 e. The molecule has 3 atom stereocenters. The van der Waals surface area contributed by atoms with Crippen molar-refractivity contribution in [3.05, 3.63) is 0 Å². The van der Waals surface area contributed by atoms with Gasteiger partial charge in [-0.3, -0.25) is 0 Å². The minimum Gasteiger partial charge on any atom is -0.312 e. The van der Waals surface area contributed by atoms with E-state index in [4.69, 9.17) is 0 Å². The molecule has 1 N–H and O–H groups in total. The zero-order valence-electron chi connectivity index (χ0n) is 12.0. The van der Waals surface area contributed by atoms with Crippen LogP contribution in [0, 0.1) is 17.8 Å². The van der Waals surface area contributed by atoms with E-state index >= 15 is 0 Å². The van der Waals surface area contributed by atoms with Gasteiger partial charge in [0.25, 0.3) is 0 Å². The maximum absolute atomic E-state index is 3.59. The van der Waals surface area contributed by atoms with Gasteiger partial charge in [-0.15, -0.1) is 0 Å². The Balaban J connectivity index is 2.22. The summed E-state index contributed by atoms with van der Waals surface area (Å²) in [4.78, 5) is 2.63. The zero-order chi connectivity index (χ0) is 12.3. The van der Waals surface area contributed by atoms with Crippen molar-refractivity contribution in [3.63, 3.8) is 0 Å². The van der Waals surface area contributed by atoms with Crippen LogP contribution in [0.4, 0.5) is 0 Å². The van der Waals surface area contributed by atoms with Crippen molar-refractivity contribution < 1.29 is 0 Å². The molecule has 1 fully saturated rings. The fourth-order valence-corrected chi connectivity index (χ4v) is 2.38. The van der Waals surface area contributed by atoms with Gasteiger partial charge in [-0.2, -0.15) is 0 Å². The molecule has 0 aromatic heterocycles. The third-order valence-corrected chi connectivity index (χ3v) is 3.61. The molecule has 1 aliphatic heterocycles. The van der Waals surface area contributed by atoms with Crippen LogP contribution < -0.4 is 5.32 Å². The Morgan fingerprint density at radius 1 is 1.19 bits per heavy atom. The lowest BCUT2D eigenvalue weighted by atomic mass is 10.0. The SMILES string of the molecule is CC(CNC(C)(C)C)CN1CC(C)C(C)C1. The third-order valence-electron chi connectivity index (χ3n) is 3.61. The molecule has 0 aliphatic carbocycles. The lowest BCUT2D eigenvalue weighted by Gasteiger charge is -2.26. The fraction of sp³-hybridized carbons (Fsp3) is 1.00. The first-order chi connectivity index (χ1) is 7.28. The fourth-order valence-electron chi connectivity index (χ4n) is 2.38. The van der Waals surface area contributed by atoms with Gasteiger partial charge in [0.05, 0.1) is 0 Å². The minimum absolute atomic E-state index is 0.250. The van der Waals surface area contributed by atoms with Gasteiger partial charge in [-0.05, 0) is 45.1 Å². The molecule has 2 nitrogen and oxygen atoms in total. The molecule has 16 heavy (non-hydrogen) atoms. The second-order valence-electron chi connectivity index (χ2n) is 6.91. The highest BCUT2D eigenvalue weighted by atomic mass is 15.2. The van der Waals surface area contributed by atoms with E-state index in [2.05, 4.69) is 51.8 Å². The number of nitrogens with one attached hydrogen (secondary N) is 1. The summed E-state index contributed by atoms with van der Waals surface area (Å²) in [7, 11) is 0. The van der Waals surface area contributed by atoms with E-state index in [1.807, 2.05) is 0 Å². The molecule has 0 aromatic rings. The van der Waals surface area contributed by atoms with Gasteiger partial charge in [-0.25, -0.2) is 0 Å². The Hall–Kier alpha value is -0.0800. The smallest absolute Gasteiger partial charge is 0.00966 e. The van der Waals surface area contributed by atoms with E-state index in [1.54, 1.807) is 0 Å². The molecule has 0 radical (unpaired) electrons. The Morgan fingerprint density at radius 3 is 2.12 bits per heavy atom. The maximum atomic E-state index is 3.59. The Kier molecular flexibility index (Phi) is 4.81. The summed E-state index contributed by atoms with van der Waals surface area (Å²) < 4.78 is 0. The van der Waals surface area contributed by atoms with E-state index in [9.17, 15) is 0 Å². The molecule has 1 saturated heterocycles. The molecule has 0 saturated carbocycles. The first kappa shape index (κ1) is 14.0. The molecule has 96 valence electrons. The highest BCUT2D eigenvalue weighted by Gasteiger charge is 2.26. The van der Waals surface area contributed by atoms with Gasteiger partial charge >= 0.3 is 0 Å². The van der Waals surface area contributed by atoms with Crippen LogP contribution in [-0.4, -0.2) is 36.6 Å². The van der Waals surface area contributed by atoms with Crippen LogP contribution in [0.5, 0.6) is 0 Å². The highest BCUT2D eigenvalue weighted by Crippen LogP contribution is 2.22. The van der Waals surface area contributed by atoms with Gasteiger partial charge in [0.15, 0.2) is 0 Å². The van der Waals surface area contributed by atoms with Crippen molar-refractivity contribution in [2.24, 2.45) is 17.8 Å². The number of likely N-dealkylation sites (tertiary alicyclic amines) is 1. The van der Waals surface area contributed by atoms with E-state index < -0.39 is 0 Å². The van der Waals surface area contributed by atoms with Crippen LogP contribution in [0.1, 0.15) is 41.5 Å². The molecular formula is C14H30N2. The summed E-state index contributed by atoms with van der Waals surface area (Å²) in [6.45, 7) is 18.8. The lowest BCUT2D eigenvalue weighted by Crippen LogP contribution is -2.41. The third kappa shape index (κ3) is 4.84. The quantitative estimate of drug-likeness (QED) is 0.792. The lowest BCUT2D eigenvalue weighted by molar-refractivity contribution is 0.260. The second-order valence-corrected chi connectivity index (χ2v) is 6.91. The topological polar surface area (TPSA) is 15.3 Å². The van der Waals surface area contributed by atoms with Gasteiger partial charge in [0.2, 0.25) is 0 Å². The first-order valence-corrected chi connectivity index (χ1v) is 6.75. The molecule has 3 unspecified atom stereocenters. The molecule has 1 rings (SSSR count). The zero-order valence-corrected chi connectivity index (χ0v) is 12.0. The molecule has 0 spiro atoms. The minimum atomic E-state index is 0.250. The van der Waals surface area contributed by atoms with Gasteiger partial charge in [0, 0.05) is 25.2 Å². The molecular weight excluding hydrogens is 196 g/mol. The molecule has 1 aliphatic rings. The van der Waals surface area contributed by atoms with Crippen molar-refractivity contribution in [2.45, 2.75) is 47.1 Å². The van der Waals surface area contributed by atoms with Crippen LogP contribution in [0.15, 0.2) is 0 Å². The van der Waals surface area contributed by atoms with Crippen molar-refractivity contribution in [3.8, 4) is 0 Å². The highest BCUT2D eigenvalue weighted by molar-refractivity contribution is 4.80. The molecule has 0 aromatic carbocycles. The second kappa shape index (κ2) is 5.50. The van der Waals surface area contributed by atoms with Crippen molar-refractivity contribution in [1.29, 1.82) is 0 Å². The Labute approximate surface area is 102 Å². The van der Waals surface area contributed by atoms with Gasteiger partial charge < -0.3 is 10.2 Å².